The van der Waals surface area contributed by atoms with Crippen molar-refractivity contribution in [2.45, 2.75) is 19.9 Å². The van der Waals surface area contributed by atoms with Crippen LogP contribution in [0.5, 0.6) is 0 Å². The predicted octanol–water partition coefficient (Wildman–Crippen LogP) is 3.90. The molecule has 1 aliphatic rings. The molecule has 1 atom stereocenters. The zero-order chi connectivity index (χ0) is 16.2. The fraction of sp³-hybridized carbons (Fsp3) is 0.316. The first-order valence-corrected chi connectivity index (χ1v) is 8.48. The van der Waals surface area contributed by atoms with Gasteiger partial charge in [-0.1, -0.05) is 30.3 Å². The summed E-state index contributed by atoms with van der Waals surface area (Å²) < 4.78 is 0. The molecule has 0 spiro atoms. The van der Waals surface area contributed by atoms with E-state index in [1.165, 1.54) is 11.3 Å². The van der Waals surface area contributed by atoms with Crippen LogP contribution in [0.4, 0.5) is 11.4 Å². The van der Waals surface area contributed by atoms with Crippen molar-refractivity contribution in [3.05, 3.63) is 60.2 Å². The smallest absolute Gasteiger partial charge is 0.173 e. The minimum Gasteiger partial charge on any atom is -0.365 e. The summed E-state index contributed by atoms with van der Waals surface area (Å²) in [5.74, 6) is 0. The summed E-state index contributed by atoms with van der Waals surface area (Å²) in [4.78, 5) is 4.73. The molecule has 1 aliphatic heterocycles. The first-order valence-electron chi connectivity index (χ1n) is 8.08. The molecule has 0 bridgehead atoms. The maximum absolute atomic E-state index is 5.58. The van der Waals surface area contributed by atoms with E-state index in [0.29, 0.717) is 6.04 Å². The largest absolute Gasteiger partial charge is 0.365 e. The molecule has 0 saturated carbocycles. The molecule has 0 unspecified atom stereocenters. The van der Waals surface area contributed by atoms with Gasteiger partial charge in [-0.2, -0.15) is 0 Å². The standard InChI is InChI=1S/C19H23N3S/c1-15-7-6-10-18(13-15)22-12-11-21(14-16(22)2)19(23)20-17-8-4-3-5-9-17/h3-10,13,16H,11-12,14H2,1-2H3,(H,20,23)/t16-/m0/s1. The third kappa shape index (κ3) is 3.82. The average Bonchev–Trinajstić information content (AvgIpc) is 2.55. The van der Waals surface area contributed by atoms with Crippen molar-refractivity contribution >= 4 is 28.7 Å². The summed E-state index contributed by atoms with van der Waals surface area (Å²) in [6.07, 6.45) is 0. The lowest BCUT2D eigenvalue weighted by atomic mass is 10.1. The van der Waals surface area contributed by atoms with Crippen LogP contribution < -0.4 is 10.2 Å². The van der Waals surface area contributed by atoms with Gasteiger partial charge in [0, 0.05) is 37.1 Å². The van der Waals surface area contributed by atoms with E-state index in [-0.39, 0.29) is 0 Å². The summed E-state index contributed by atoms with van der Waals surface area (Å²) in [6, 6.07) is 19.3. The Bertz CT molecular complexity index is 671. The summed E-state index contributed by atoms with van der Waals surface area (Å²) in [5, 5.41) is 4.15. The number of hydrogen-bond donors (Lipinski definition) is 1. The molecule has 1 saturated heterocycles. The lowest BCUT2D eigenvalue weighted by Gasteiger charge is -2.42. The van der Waals surface area contributed by atoms with Gasteiger partial charge in [-0.05, 0) is 55.9 Å². The quantitative estimate of drug-likeness (QED) is 0.844. The Balaban J connectivity index is 1.63. The number of nitrogens with zero attached hydrogens (tertiary/aromatic N) is 2. The Morgan fingerprint density at radius 3 is 2.57 bits per heavy atom. The van der Waals surface area contributed by atoms with Crippen LogP contribution in [0.3, 0.4) is 0 Å². The van der Waals surface area contributed by atoms with E-state index in [9.17, 15) is 0 Å². The first kappa shape index (κ1) is 15.8. The second-order valence-electron chi connectivity index (χ2n) is 6.12. The van der Waals surface area contributed by atoms with Gasteiger partial charge in [0.1, 0.15) is 0 Å². The van der Waals surface area contributed by atoms with E-state index in [1.54, 1.807) is 0 Å². The summed E-state index contributed by atoms with van der Waals surface area (Å²) in [5.41, 5.74) is 3.66. The van der Waals surface area contributed by atoms with Gasteiger partial charge in [0.2, 0.25) is 0 Å². The van der Waals surface area contributed by atoms with Gasteiger partial charge in [0.05, 0.1) is 0 Å². The molecule has 3 nitrogen and oxygen atoms in total. The Morgan fingerprint density at radius 1 is 1.09 bits per heavy atom. The third-order valence-corrected chi connectivity index (χ3v) is 4.63. The highest BCUT2D eigenvalue weighted by atomic mass is 32.1. The monoisotopic (exact) mass is 325 g/mol. The molecule has 0 aliphatic carbocycles. The number of hydrogen-bond acceptors (Lipinski definition) is 2. The molecule has 1 N–H and O–H groups in total. The molecule has 120 valence electrons. The van der Waals surface area contributed by atoms with E-state index in [4.69, 9.17) is 12.2 Å². The van der Waals surface area contributed by atoms with Crippen LogP contribution in [0.2, 0.25) is 0 Å². The first-order chi connectivity index (χ1) is 11.1. The second kappa shape index (κ2) is 7.01. The third-order valence-electron chi connectivity index (χ3n) is 4.27. The van der Waals surface area contributed by atoms with Gasteiger partial charge in [0.15, 0.2) is 5.11 Å². The fourth-order valence-electron chi connectivity index (χ4n) is 3.06. The molecule has 1 heterocycles. The molecular weight excluding hydrogens is 302 g/mol. The van der Waals surface area contributed by atoms with Crippen LogP contribution >= 0.6 is 12.2 Å². The Morgan fingerprint density at radius 2 is 1.87 bits per heavy atom. The SMILES string of the molecule is Cc1cccc(N2CCN(C(=S)Nc3ccccc3)C[C@@H]2C)c1. The maximum atomic E-state index is 5.58. The van der Waals surface area contributed by atoms with E-state index in [0.717, 1.165) is 30.4 Å². The van der Waals surface area contributed by atoms with Gasteiger partial charge >= 0.3 is 0 Å². The van der Waals surface area contributed by atoms with Crippen LogP contribution in [0.15, 0.2) is 54.6 Å². The zero-order valence-electron chi connectivity index (χ0n) is 13.7. The predicted molar refractivity (Wildman–Crippen MR) is 102 cm³/mol. The van der Waals surface area contributed by atoms with E-state index in [1.807, 2.05) is 30.3 Å². The van der Waals surface area contributed by atoms with Crippen LogP contribution in [-0.4, -0.2) is 35.7 Å². The van der Waals surface area contributed by atoms with Crippen LogP contribution in [0.1, 0.15) is 12.5 Å². The Hall–Kier alpha value is -2.07. The van der Waals surface area contributed by atoms with Gasteiger partial charge in [0.25, 0.3) is 0 Å². The molecule has 0 aromatic heterocycles. The fourth-order valence-corrected chi connectivity index (χ4v) is 3.34. The Kier molecular flexibility index (Phi) is 4.82. The van der Waals surface area contributed by atoms with Crippen LogP contribution in [-0.2, 0) is 0 Å². The van der Waals surface area contributed by atoms with Crippen molar-refractivity contribution in [3.8, 4) is 0 Å². The van der Waals surface area contributed by atoms with Crippen LogP contribution in [0, 0.1) is 6.92 Å². The molecule has 23 heavy (non-hydrogen) atoms. The molecule has 1 fully saturated rings. The van der Waals surface area contributed by atoms with Crippen molar-refractivity contribution < 1.29 is 0 Å². The lowest BCUT2D eigenvalue weighted by molar-refractivity contribution is 0.342. The maximum Gasteiger partial charge on any atom is 0.173 e. The number of benzene rings is 2. The van der Waals surface area contributed by atoms with E-state index < -0.39 is 0 Å². The zero-order valence-corrected chi connectivity index (χ0v) is 14.5. The number of thiocarbonyl (C=S) groups is 1. The number of aryl methyl sites for hydroxylation is 1. The Labute approximate surface area is 143 Å². The van der Waals surface area contributed by atoms with Crippen molar-refractivity contribution in [2.75, 3.05) is 29.9 Å². The van der Waals surface area contributed by atoms with E-state index in [2.05, 4.69) is 53.2 Å². The van der Waals surface area contributed by atoms with Crippen molar-refractivity contribution in [2.24, 2.45) is 0 Å². The van der Waals surface area contributed by atoms with Gasteiger partial charge in [-0.25, -0.2) is 0 Å². The number of piperazine rings is 1. The number of nitrogens with one attached hydrogen (secondary N) is 1. The lowest BCUT2D eigenvalue weighted by Crippen LogP contribution is -2.54. The molecule has 3 rings (SSSR count). The summed E-state index contributed by atoms with van der Waals surface area (Å²) in [6.45, 7) is 7.27. The molecular formula is C19H23N3S. The number of anilines is 2. The number of para-hydroxylation sites is 1. The average molecular weight is 325 g/mol. The molecule has 0 amide bonds. The highest BCUT2D eigenvalue weighted by Gasteiger charge is 2.25. The molecule has 4 heteroatoms. The minimum absolute atomic E-state index is 0.432. The van der Waals surface area contributed by atoms with Gasteiger partial charge in [-0.3, -0.25) is 0 Å². The molecule has 2 aromatic carbocycles. The summed E-state index contributed by atoms with van der Waals surface area (Å²) >= 11 is 5.58. The normalized spacial score (nSPS) is 17.9. The minimum atomic E-state index is 0.432. The van der Waals surface area contributed by atoms with Crippen LogP contribution in [0.25, 0.3) is 0 Å². The second-order valence-corrected chi connectivity index (χ2v) is 6.51. The van der Waals surface area contributed by atoms with Gasteiger partial charge in [-0.15, -0.1) is 0 Å². The highest BCUT2D eigenvalue weighted by Crippen LogP contribution is 2.22. The topological polar surface area (TPSA) is 18.5 Å². The highest BCUT2D eigenvalue weighted by molar-refractivity contribution is 7.80. The van der Waals surface area contributed by atoms with E-state index >= 15 is 0 Å². The molecule has 0 radical (unpaired) electrons. The molecule has 2 aromatic rings. The number of rotatable bonds is 2. The van der Waals surface area contributed by atoms with Crippen molar-refractivity contribution in [1.82, 2.24) is 4.90 Å². The van der Waals surface area contributed by atoms with Crippen molar-refractivity contribution in [3.63, 3.8) is 0 Å². The van der Waals surface area contributed by atoms with Gasteiger partial charge < -0.3 is 15.1 Å². The summed E-state index contributed by atoms with van der Waals surface area (Å²) in [7, 11) is 0. The van der Waals surface area contributed by atoms with Crippen molar-refractivity contribution in [1.29, 1.82) is 0 Å².